The Morgan fingerprint density at radius 1 is 0.949 bits per heavy atom. The van der Waals surface area contributed by atoms with E-state index in [1.807, 2.05) is 49.4 Å². The van der Waals surface area contributed by atoms with Crippen molar-refractivity contribution in [1.82, 2.24) is 14.9 Å². The van der Waals surface area contributed by atoms with Crippen LogP contribution in [-0.2, 0) is 15.1 Å². The van der Waals surface area contributed by atoms with E-state index in [9.17, 15) is 14.4 Å². The molecule has 0 unspecified atom stereocenters. The summed E-state index contributed by atoms with van der Waals surface area (Å²) >= 11 is 6.42. The van der Waals surface area contributed by atoms with Gasteiger partial charge in [-0.15, -0.1) is 0 Å². The lowest BCUT2D eigenvalue weighted by Gasteiger charge is -2.32. The van der Waals surface area contributed by atoms with Gasteiger partial charge in [-0.25, -0.2) is 9.88 Å². The lowest BCUT2D eigenvalue weighted by molar-refractivity contribution is -0.123. The van der Waals surface area contributed by atoms with Crippen LogP contribution in [0, 0.1) is 24.7 Å². The van der Waals surface area contributed by atoms with Crippen molar-refractivity contribution in [2.24, 2.45) is 17.8 Å². The van der Waals surface area contributed by atoms with Crippen molar-refractivity contribution in [3.05, 3.63) is 99.1 Å². The zero-order valence-electron chi connectivity index (χ0n) is 21.8. The fourth-order valence-electron chi connectivity index (χ4n) is 7.01. The standard InChI is InChI=1S/C31H27ClN4O3/c1-16(2)15-22-25-26(29(39)35(28(25)38)23-14-8-11-20(32)17(23)3)31(34-22)19-10-5-7-13-24(19)36-27(37)18-9-4-6-12-21(18)33-30(31)36/h4-14,16,22,25-26,34H,15H2,1-3H3/t22-,25+,26-,31+/m1/s1. The van der Waals surface area contributed by atoms with E-state index in [-0.39, 0.29) is 29.3 Å². The number of fused-ring (bicyclic) bond motifs is 8. The monoisotopic (exact) mass is 538 g/mol. The fourth-order valence-corrected chi connectivity index (χ4v) is 7.17. The lowest BCUT2D eigenvalue weighted by atomic mass is 9.75. The van der Waals surface area contributed by atoms with Crippen molar-refractivity contribution >= 4 is 40.0 Å². The molecule has 8 heteroatoms. The zero-order valence-corrected chi connectivity index (χ0v) is 22.6. The van der Waals surface area contributed by atoms with Crippen molar-refractivity contribution in [2.75, 3.05) is 4.90 Å². The van der Waals surface area contributed by atoms with Gasteiger partial charge < -0.3 is 0 Å². The number of benzene rings is 3. The number of hydrogen-bond acceptors (Lipinski definition) is 5. The van der Waals surface area contributed by atoms with Crippen LogP contribution in [0.15, 0.2) is 71.5 Å². The van der Waals surface area contributed by atoms with Gasteiger partial charge in [0, 0.05) is 16.6 Å². The number of nitrogens with one attached hydrogen (secondary N) is 1. The largest absolute Gasteiger partial charge is 0.297 e. The highest BCUT2D eigenvalue weighted by Crippen LogP contribution is 2.56. The number of halogens is 1. The van der Waals surface area contributed by atoms with Crippen LogP contribution in [0.3, 0.4) is 0 Å². The average Bonchev–Trinajstić information content (AvgIpc) is 3.49. The minimum Gasteiger partial charge on any atom is -0.297 e. The summed E-state index contributed by atoms with van der Waals surface area (Å²) in [6.07, 6.45) is 0.685. The second kappa shape index (κ2) is 8.34. The van der Waals surface area contributed by atoms with Crippen molar-refractivity contribution in [1.29, 1.82) is 0 Å². The molecule has 4 aromatic rings. The second-order valence-corrected chi connectivity index (χ2v) is 11.6. The summed E-state index contributed by atoms with van der Waals surface area (Å²) in [5.41, 5.74) is 1.88. The highest BCUT2D eigenvalue weighted by Gasteiger charge is 2.69. The van der Waals surface area contributed by atoms with Gasteiger partial charge >= 0.3 is 0 Å². The number of nitrogens with zero attached hydrogens (tertiary/aromatic N) is 3. The molecule has 7 nitrogen and oxygen atoms in total. The first kappa shape index (κ1) is 24.2. The van der Waals surface area contributed by atoms with Crippen molar-refractivity contribution < 1.29 is 9.59 Å². The molecule has 7 rings (SSSR count). The Morgan fingerprint density at radius 2 is 1.67 bits per heavy atom. The fraction of sp³-hybridized carbons (Fsp3) is 0.290. The van der Waals surface area contributed by atoms with Gasteiger partial charge in [-0.05, 0) is 55.2 Å². The smallest absolute Gasteiger partial charge is 0.266 e. The van der Waals surface area contributed by atoms with Crippen LogP contribution in [0.1, 0.15) is 37.2 Å². The van der Waals surface area contributed by atoms with E-state index in [1.165, 1.54) is 4.90 Å². The molecule has 3 aliphatic heterocycles. The molecule has 3 aliphatic rings. The molecule has 2 saturated heterocycles. The molecule has 2 amide bonds. The molecule has 4 heterocycles. The number of imide groups is 1. The zero-order chi connectivity index (χ0) is 27.2. The van der Waals surface area contributed by atoms with Crippen LogP contribution in [0.5, 0.6) is 0 Å². The molecular weight excluding hydrogens is 512 g/mol. The molecule has 2 fully saturated rings. The van der Waals surface area contributed by atoms with E-state index in [4.69, 9.17) is 16.6 Å². The van der Waals surface area contributed by atoms with Crippen LogP contribution < -0.4 is 15.8 Å². The van der Waals surface area contributed by atoms with E-state index in [1.54, 1.807) is 28.8 Å². The molecule has 4 atom stereocenters. The van der Waals surface area contributed by atoms with Crippen LogP contribution in [0.2, 0.25) is 5.02 Å². The minimum atomic E-state index is -1.14. The number of amides is 2. The van der Waals surface area contributed by atoms with Crippen LogP contribution >= 0.6 is 11.6 Å². The summed E-state index contributed by atoms with van der Waals surface area (Å²) in [5, 5.41) is 4.75. The lowest BCUT2D eigenvalue weighted by Crippen LogP contribution is -2.50. The topological polar surface area (TPSA) is 84.3 Å². The predicted octanol–water partition coefficient (Wildman–Crippen LogP) is 4.73. The van der Waals surface area contributed by atoms with Gasteiger partial charge in [0.1, 0.15) is 11.4 Å². The number of carbonyl (C=O) groups is 2. The summed E-state index contributed by atoms with van der Waals surface area (Å²) in [6.45, 7) is 6.03. The van der Waals surface area contributed by atoms with Gasteiger partial charge in [0.15, 0.2) is 0 Å². The number of anilines is 1. The van der Waals surface area contributed by atoms with Gasteiger partial charge in [-0.2, -0.15) is 0 Å². The SMILES string of the molecule is Cc1c(Cl)cccc1N1C(=O)[C@H]2[C@@H](CC(C)C)N[C@@]3(c4ccccc4-n4c3nc3ccccc3c4=O)[C@H]2C1=O. The maximum atomic E-state index is 14.5. The molecule has 0 bridgehead atoms. The summed E-state index contributed by atoms with van der Waals surface area (Å²) in [4.78, 5) is 49.0. The molecule has 1 spiro atoms. The van der Waals surface area contributed by atoms with Gasteiger partial charge in [0.2, 0.25) is 11.8 Å². The molecule has 196 valence electrons. The third-order valence-corrected chi connectivity index (χ3v) is 8.98. The number of rotatable bonds is 3. The summed E-state index contributed by atoms with van der Waals surface area (Å²) in [5.74, 6) is -1.23. The maximum Gasteiger partial charge on any atom is 0.266 e. The van der Waals surface area contributed by atoms with Crippen molar-refractivity contribution in [3.63, 3.8) is 0 Å². The quantitative estimate of drug-likeness (QED) is 0.381. The van der Waals surface area contributed by atoms with Gasteiger partial charge in [-0.1, -0.05) is 61.8 Å². The first-order chi connectivity index (χ1) is 18.8. The number of carbonyl (C=O) groups excluding carboxylic acids is 2. The van der Waals surface area contributed by atoms with E-state index in [2.05, 4.69) is 19.2 Å². The second-order valence-electron chi connectivity index (χ2n) is 11.2. The van der Waals surface area contributed by atoms with Crippen LogP contribution in [0.4, 0.5) is 5.69 Å². The molecular formula is C31H27ClN4O3. The Bertz CT molecular complexity index is 1780. The first-order valence-corrected chi connectivity index (χ1v) is 13.7. The molecule has 0 radical (unpaired) electrons. The molecule has 0 saturated carbocycles. The number of aromatic nitrogens is 2. The predicted molar refractivity (Wildman–Crippen MR) is 150 cm³/mol. The van der Waals surface area contributed by atoms with Gasteiger partial charge in [0.25, 0.3) is 5.56 Å². The number of hydrogen-bond donors (Lipinski definition) is 1. The highest BCUT2D eigenvalue weighted by molar-refractivity contribution is 6.32. The van der Waals surface area contributed by atoms with Crippen molar-refractivity contribution in [2.45, 2.75) is 38.8 Å². The summed E-state index contributed by atoms with van der Waals surface area (Å²) in [6, 6.07) is 19.9. The minimum absolute atomic E-state index is 0.190. The van der Waals surface area contributed by atoms with E-state index in [0.717, 1.165) is 5.56 Å². The third-order valence-electron chi connectivity index (χ3n) is 8.57. The number of para-hydroxylation sites is 2. The van der Waals surface area contributed by atoms with E-state index in [0.29, 0.717) is 45.1 Å². The summed E-state index contributed by atoms with van der Waals surface area (Å²) in [7, 11) is 0. The van der Waals surface area contributed by atoms with Crippen molar-refractivity contribution in [3.8, 4) is 5.69 Å². The molecule has 3 aromatic carbocycles. The van der Waals surface area contributed by atoms with E-state index >= 15 is 0 Å². The Labute approximate surface area is 230 Å². The highest BCUT2D eigenvalue weighted by atomic mass is 35.5. The van der Waals surface area contributed by atoms with Gasteiger partial charge in [-0.3, -0.25) is 24.3 Å². The average molecular weight is 539 g/mol. The van der Waals surface area contributed by atoms with E-state index < -0.39 is 17.4 Å². The summed E-state index contributed by atoms with van der Waals surface area (Å²) < 4.78 is 1.63. The third kappa shape index (κ3) is 3.08. The Kier molecular flexibility index (Phi) is 5.19. The van der Waals surface area contributed by atoms with Crippen LogP contribution in [0.25, 0.3) is 16.6 Å². The van der Waals surface area contributed by atoms with Gasteiger partial charge in [0.05, 0.1) is 34.1 Å². The molecule has 0 aliphatic carbocycles. The molecule has 1 N–H and O–H groups in total. The maximum absolute atomic E-state index is 14.5. The first-order valence-electron chi connectivity index (χ1n) is 13.3. The molecule has 1 aromatic heterocycles. The molecule has 39 heavy (non-hydrogen) atoms. The Balaban J connectivity index is 1.53. The van der Waals surface area contributed by atoms with Crippen LogP contribution in [-0.4, -0.2) is 27.4 Å². The Morgan fingerprint density at radius 3 is 2.46 bits per heavy atom. The Hall–Kier alpha value is -3.81. The normalized spacial score (nSPS) is 25.2.